The predicted molar refractivity (Wildman–Crippen MR) is 65.4 cm³/mol. The van der Waals surface area contributed by atoms with Crippen LogP contribution >= 0.6 is 15.9 Å². The molecular weight excluding hydrogens is 273 g/mol. The Morgan fingerprint density at radius 1 is 1.56 bits per heavy atom. The second kappa shape index (κ2) is 5.15. The van der Waals surface area contributed by atoms with Gasteiger partial charge in [-0.15, -0.1) is 0 Å². The lowest BCUT2D eigenvalue weighted by Gasteiger charge is -2.13. The molecular formula is C12H15BrFNO. The molecule has 0 radical (unpaired) electrons. The Bertz CT molecular complexity index is 378. The average molecular weight is 288 g/mol. The van der Waals surface area contributed by atoms with Gasteiger partial charge in [-0.1, -0.05) is 0 Å². The van der Waals surface area contributed by atoms with Crippen LogP contribution in [0.5, 0.6) is 5.75 Å². The van der Waals surface area contributed by atoms with Gasteiger partial charge in [0.2, 0.25) is 0 Å². The molecule has 1 aromatic carbocycles. The minimum Gasteiger partial charge on any atom is -0.497 e. The quantitative estimate of drug-likeness (QED) is 0.923. The van der Waals surface area contributed by atoms with E-state index in [1.54, 1.807) is 7.11 Å². The summed E-state index contributed by atoms with van der Waals surface area (Å²) in [5.41, 5.74) is 0.969. The molecule has 1 N–H and O–H groups in total. The Labute approximate surface area is 103 Å². The van der Waals surface area contributed by atoms with Gasteiger partial charge in [0, 0.05) is 12.1 Å². The van der Waals surface area contributed by atoms with Crippen LogP contribution < -0.4 is 10.1 Å². The monoisotopic (exact) mass is 287 g/mol. The summed E-state index contributed by atoms with van der Waals surface area (Å²) in [6, 6.07) is 3.76. The van der Waals surface area contributed by atoms with Crippen molar-refractivity contribution in [1.82, 2.24) is 5.32 Å². The standard InChI is InChI=1S/C12H15BrFNO/c1-16-10-6-8(12(13)11(14)7-10)5-9-3-2-4-15-9/h6-7,9,15H,2-5H2,1H3. The van der Waals surface area contributed by atoms with E-state index < -0.39 is 0 Å². The molecule has 1 aromatic rings. The van der Waals surface area contributed by atoms with Crippen LogP contribution in [0.3, 0.4) is 0 Å². The summed E-state index contributed by atoms with van der Waals surface area (Å²) in [4.78, 5) is 0. The molecule has 1 aliphatic heterocycles. The Morgan fingerprint density at radius 3 is 3.00 bits per heavy atom. The highest BCUT2D eigenvalue weighted by Gasteiger charge is 2.17. The molecule has 1 unspecified atom stereocenters. The summed E-state index contributed by atoms with van der Waals surface area (Å²) < 4.78 is 19.2. The molecule has 2 nitrogen and oxygen atoms in total. The third kappa shape index (κ3) is 2.55. The average Bonchev–Trinajstić information content (AvgIpc) is 2.77. The van der Waals surface area contributed by atoms with Crippen molar-refractivity contribution in [2.24, 2.45) is 0 Å². The molecule has 16 heavy (non-hydrogen) atoms. The van der Waals surface area contributed by atoms with Crippen LogP contribution in [-0.2, 0) is 6.42 Å². The molecule has 0 aromatic heterocycles. The fraction of sp³-hybridized carbons (Fsp3) is 0.500. The summed E-state index contributed by atoms with van der Waals surface area (Å²) in [5, 5.41) is 3.41. The lowest BCUT2D eigenvalue weighted by Crippen LogP contribution is -2.23. The van der Waals surface area contributed by atoms with Gasteiger partial charge < -0.3 is 10.1 Å². The van der Waals surface area contributed by atoms with Crippen molar-refractivity contribution in [1.29, 1.82) is 0 Å². The maximum Gasteiger partial charge on any atom is 0.141 e. The first kappa shape index (κ1) is 11.9. The molecule has 1 atom stereocenters. The fourth-order valence-corrected chi connectivity index (χ4v) is 2.47. The smallest absolute Gasteiger partial charge is 0.141 e. The zero-order valence-corrected chi connectivity index (χ0v) is 10.8. The molecule has 1 heterocycles. The lowest BCUT2D eigenvalue weighted by molar-refractivity contribution is 0.410. The van der Waals surface area contributed by atoms with Crippen LogP contribution in [-0.4, -0.2) is 19.7 Å². The van der Waals surface area contributed by atoms with Crippen LogP contribution in [0, 0.1) is 5.82 Å². The van der Waals surface area contributed by atoms with E-state index in [0.29, 0.717) is 16.3 Å². The van der Waals surface area contributed by atoms with E-state index in [1.807, 2.05) is 6.07 Å². The highest BCUT2D eigenvalue weighted by Crippen LogP contribution is 2.28. The van der Waals surface area contributed by atoms with Gasteiger partial charge in [-0.3, -0.25) is 0 Å². The minimum absolute atomic E-state index is 0.257. The summed E-state index contributed by atoms with van der Waals surface area (Å²) in [6.07, 6.45) is 3.20. The molecule has 88 valence electrons. The van der Waals surface area contributed by atoms with Crippen molar-refractivity contribution >= 4 is 15.9 Å². The molecule has 0 amide bonds. The maximum atomic E-state index is 13.6. The zero-order chi connectivity index (χ0) is 11.5. The van der Waals surface area contributed by atoms with E-state index >= 15 is 0 Å². The molecule has 0 spiro atoms. The number of halogens is 2. The van der Waals surface area contributed by atoms with Crippen LogP contribution in [0.1, 0.15) is 18.4 Å². The topological polar surface area (TPSA) is 21.3 Å². The van der Waals surface area contributed by atoms with Crippen LogP contribution in [0.4, 0.5) is 4.39 Å². The summed E-state index contributed by atoms with van der Waals surface area (Å²) >= 11 is 3.29. The van der Waals surface area contributed by atoms with Crippen LogP contribution in [0.15, 0.2) is 16.6 Å². The molecule has 2 rings (SSSR count). The number of methoxy groups -OCH3 is 1. The Balaban J connectivity index is 2.20. The largest absolute Gasteiger partial charge is 0.497 e. The maximum absolute atomic E-state index is 13.6. The summed E-state index contributed by atoms with van der Waals surface area (Å²) in [7, 11) is 1.56. The van der Waals surface area contributed by atoms with Gasteiger partial charge in [0.05, 0.1) is 11.6 Å². The van der Waals surface area contributed by atoms with Crippen LogP contribution in [0.25, 0.3) is 0 Å². The van der Waals surface area contributed by atoms with Crippen molar-refractivity contribution in [3.63, 3.8) is 0 Å². The molecule has 0 aliphatic carbocycles. The highest BCUT2D eigenvalue weighted by molar-refractivity contribution is 9.10. The number of benzene rings is 1. The second-order valence-electron chi connectivity index (χ2n) is 4.08. The van der Waals surface area contributed by atoms with Crippen molar-refractivity contribution in [3.05, 3.63) is 28.0 Å². The number of nitrogens with one attached hydrogen (secondary N) is 1. The first-order valence-electron chi connectivity index (χ1n) is 5.46. The van der Waals surface area contributed by atoms with E-state index in [-0.39, 0.29) is 5.82 Å². The van der Waals surface area contributed by atoms with Gasteiger partial charge in [0.1, 0.15) is 11.6 Å². The normalized spacial score (nSPS) is 20.1. The third-order valence-corrected chi connectivity index (χ3v) is 3.83. The zero-order valence-electron chi connectivity index (χ0n) is 9.22. The molecule has 1 saturated heterocycles. The van der Waals surface area contributed by atoms with Gasteiger partial charge >= 0.3 is 0 Å². The fourth-order valence-electron chi connectivity index (χ4n) is 2.08. The van der Waals surface area contributed by atoms with Gasteiger partial charge in [-0.05, 0) is 53.4 Å². The van der Waals surface area contributed by atoms with Gasteiger partial charge in [0.25, 0.3) is 0 Å². The Kier molecular flexibility index (Phi) is 3.82. The van der Waals surface area contributed by atoms with E-state index in [0.717, 1.165) is 24.9 Å². The number of hydrogen-bond acceptors (Lipinski definition) is 2. The SMILES string of the molecule is COc1cc(F)c(Br)c(CC2CCCN2)c1. The lowest BCUT2D eigenvalue weighted by atomic mass is 10.0. The summed E-state index contributed by atoms with van der Waals surface area (Å²) in [5.74, 6) is 0.320. The molecule has 1 fully saturated rings. The molecule has 1 aliphatic rings. The first-order chi connectivity index (χ1) is 7.70. The molecule has 0 saturated carbocycles. The van der Waals surface area contributed by atoms with Crippen molar-refractivity contribution in [2.45, 2.75) is 25.3 Å². The van der Waals surface area contributed by atoms with E-state index in [4.69, 9.17) is 4.74 Å². The van der Waals surface area contributed by atoms with Gasteiger partial charge in [-0.25, -0.2) is 4.39 Å². The Morgan fingerprint density at radius 2 is 2.38 bits per heavy atom. The number of hydrogen-bond donors (Lipinski definition) is 1. The molecule has 0 bridgehead atoms. The van der Waals surface area contributed by atoms with Crippen molar-refractivity contribution < 1.29 is 9.13 Å². The van der Waals surface area contributed by atoms with E-state index in [9.17, 15) is 4.39 Å². The van der Waals surface area contributed by atoms with Crippen molar-refractivity contribution in [2.75, 3.05) is 13.7 Å². The second-order valence-corrected chi connectivity index (χ2v) is 4.87. The third-order valence-electron chi connectivity index (χ3n) is 2.94. The van der Waals surface area contributed by atoms with Gasteiger partial charge in [0.15, 0.2) is 0 Å². The molecule has 4 heteroatoms. The number of ether oxygens (including phenoxy) is 1. The van der Waals surface area contributed by atoms with Crippen molar-refractivity contribution in [3.8, 4) is 5.75 Å². The van der Waals surface area contributed by atoms with Gasteiger partial charge in [-0.2, -0.15) is 0 Å². The highest BCUT2D eigenvalue weighted by atomic mass is 79.9. The number of rotatable bonds is 3. The Hall–Kier alpha value is -0.610. The predicted octanol–water partition coefficient (Wildman–Crippen LogP) is 2.89. The van der Waals surface area contributed by atoms with E-state index in [1.165, 1.54) is 12.5 Å². The van der Waals surface area contributed by atoms with E-state index in [2.05, 4.69) is 21.2 Å². The first-order valence-corrected chi connectivity index (χ1v) is 6.25. The minimum atomic E-state index is -0.257. The van der Waals surface area contributed by atoms with Crippen LogP contribution in [0.2, 0.25) is 0 Å². The summed E-state index contributed by atoms with van der Waals surface area (Å²) in [6.45, 7) is 1.06.